The van der Waals surface area contributed by atoms with Gasteiger partial charge in [0.05, 0.1) is 0 Å². The molecule has 0 aromatic carbocycles. The first-order valence-corrected chi connectivity index (χ1v) is 6.23. The van der Waals surface area contributed by atoms with E-state index in [1.807, 2.05) is 20.8 Å². The van der Waals surface area contributed by atoms with Gasteiger partial charge in [0.1, 0.15) is 0 Å². The van der Waals surface area contributed by atoms with Crippen molar-refractivity contribution in [3.8, 4) is 0 Å². The molecule has 0 aliphatic rings. The Bertz CT molecular complexity index is 149. The molecular formula is C12H27NO3. The quantitative estimate of drug-likeness (QED) is 0.560. The summed E-state index contributed by atoms with van der Waals surface area (Å²) in [6.07, 6.45) is 0.726. The first kappa shape index (κ1) is 15.8. The van der Waals surface area contributed by atoms with Crippen LogP contribution in [0, 0.1) is 5.92 Å². The summed E-state index contributed by atoms with van der Waals surface area (Å²) in [5.74, 6) is 0.276. The van der Waals surface area contributed by atoms with Crippen LogP contribution in [0.4, 0.5) is 0 Å². The minimum Gasteiger partial charge on any atom is -0.396 e. The minimum atomic E-state index is -0.112. The number of nitrogens with one attached hydrogen (secondary N) is 1. The molecule has 2 unspecified atom stereocenters. The molecule has 98 valence electrons. The minimum absolute atomic E-state index is 0.112. The second-order valence-electron chi connectivity index (χ2n) is 4.03. The van der Waals surface area contributed by atoms with Gasteiger partial charge in [-0.3, -0.25) is 0 Å². The van der Waals surface area contributed by atoms with Gasteiger partial charge in [-0.1, -0.05) is 6.92 Å². The van der Waals surface area contributed by atoms with Crippen molar-refractivity contribution < 1.29 is 14.6 Å². The second kappa shape index (κ2) is 10.0. The lowest BCUT2D eigenvalue weighted by Crippen LogP contribution is -2.36. The molecule has 0 spiro atoms. The highest BCUT2D eigenvalue weighted by atomic mass is 16.7. The molecule has 0 aliphatic heterocycles. The summed E-state index contributed by atoms with van der Waals surface area (Å²) in [5.41, 5.74) is 0. The van der Waals surface area contributed by atoms with Gasteiger partial charge in [0.2, 0.25) is 0 Å². The molecule has 0 saturated carbocycles. The standard InChI is InChI=1S/C12H27NO3/c1-5-15-12(16-6-2)7-8-13-11(4)10(3)9-14/h10-14H,5-9H2,1-4H3. The van der Waals surface area contributed by atoms with E-state index in [0.29, 0.717) is 19.3 Å². The number of aliphatic hydroxyl groups excluding tert-OH is 1. The second-order valence-corrected chi connectivity index (χ2v) is 4.03. The number of hydrogen-bond acceptors (Lipinski definition) is 4. The Morgan fingerprint density at radius 1 is 1.12 bits per heavy atom. The van der Waals surface area contributed by atoms with E-state index in [2.05, 4.69) is 12.2 Å². The maximum absolute atomic E-state index is 8.99. The van der Waals surface area contributed by atoms with Crippen molar-refractivity contribution >= 4 is 0 Å². The highest BCUT2D eigenvalue weighted by molar-refractivity contribution is 4.67. The summed E-state index contributed by atoms with van der Waals surface area (Å²) in [4.78, 5) is 0. The zero-order chi connectivity index (χ0) is 12.4. The normalized spacial score (nSPS) is 15.4. The number of hydrogen-bond donors (Lipinski definition) is 2. The van der Waals surface area contributed by atoms with Gasteiger partial charge < -0.3 is 19.9 Å². The molecule has 0 aromatic rings. The van der Waals surface area contributed by atoms with Gasteiger partial charge >= 0.3 is 0 Å². The van der Waals surface area contributed by atoms with Crippen molar-refractivity contribution in [1.29, 1.82) is 0 Å². The summed E-state index contributed by atoms with van der Waals surface area (Å²) in [6, 6.07) is 0.314. The summed E-state index contributed by atoms with van der Waals surface area (Å²) in [6.45, 7) is 10.5. The molecule has 0 radical (unpaired) electrons. The summed E-state index contributed by atoms with van der Waals surface area (Å²) >= 11 is 0. The van der Waals surface area contributed by atoms with Crippen molar-refractivity contribution in [2.45, 2.75) is 46.4 Å². The smallest absolute Gasteiger partial charge is 0.158 e. The zero-order valence-corrected chi connectivity index (χ0v) is 11.0. The molecule has 0 fully saturated rings. The molecular weight excluding hydrogens is 206 g/mol. The predicted molar refractivity (Wildman–Crippen MR) is 65.4 cm³/mol. The Kier molecular flexibility index (Phi) is 9.92. The van der Waals surface area contributed by atoms with Gasteiger partial charge in [-0.15, -0.1) is 0 Å². The Morgan fingerprint density at radius 2 is 1.69 bits per heavy atom. The van der Waals surface area contributed by atoms with Crippen molar-refractivity contribution in [3.05, 3.63) is 0 Å². The highest BCUT2D eigenvalue weighted by Gasteiger charge is 2.12. The molecule has 0 heterocycles. The van der Waals surface area contributed by atoms with Gasteiger partial charge in [0, 0.05) is 38.8 Å². The van der Waals surface area contributed by atoms with Gasteiger partial charge in [-0.05, 0) is 26.7 Å². The van der Waals surface area contributed by atoms with Crippen LogP contribution in [0.5, 0.6) is 0 Å². The molecule has 0 amide bonds. The molecule has 0 rings (SSSR count). The van der Waals surface area contributed by atoms with Crippen molar-refractivity contribution in [2.24, 2.45) is 5.92 Å². The molecule has 2 atom stereocenters. The van der Waals surface area contributed by atoms with E-state index in [1.165, 1.54) is 0 Å². The van der Waals surface area contributed by atoms with E-state index in [4.69, 9.17) is 14.6 Å². The zero-order valence-electron chi connectivity index (χ0n) is 11.0. The predicted octanol–water partition coefficient (Wildman–Crippen LogP) is 1.38. The molecule has 4 nitrogen and oxygen atoms in total. The third-order valence-corrected chi connectivity index (χ3v) is 2.69. The Labute approximate surface area is 99.3 Å². The third kappa shape index (κ3) is 7.17. The largest absolute Gasteiger partial charge is 0.396 e. The maximum Gasteiger partial charge on any atom is 0.158 e. The van der Waals surface area contributed by atoms with E-state index in [0.717, 1.165) is 13.0 Å². The Morgan fingerprint density at radius 3 is 2.12 bits per heavy atom. The van der Waals surface area contributed by atoms with Crippen molar-refractivity contribution in [2.75, 3.05) is 26.4 Å². The van der Waals surface area contributed by atoms with Crippen LogP contribution in [0.15, 0.2) is 0 Å². The van der Waals surface area contributed by atoms with E-state index in [1.54, 1.807) is 0 Å². The average Bonchev–Trinajstić information content (AvgIpc) is 2.28. The fourth-order valence-electron chi connectivity index (χ4n) is 1.37. The lowest BCUT2D eigenvalue weighted by Gasteiger charge is -2.21. The molecule has 16 heavy (non-hydrogen) atoms. The average molecular weight is 233 g/mol. The van der Waals surface area contributed by atoms with Gasteiger partial charge in [0.25, 0.3) is 0 Å². The van der Waals surface area contributed by atoms with E-state index in [-0.39, 0.29) is 18.8 Å². The topological polar surface area (TPSA) is 50.7 Å². The van der Waals surface area contributed by atoms with Crippen molar-refractivity contribution in [1.82, 2.24) is 5.32 Å². The van der Waals surface area contributed by atoms with Crippen LogP contribution in [0.1, 0.15) is 34.1 Å². The number of rotatable bonds is 10. The molecule has 0 saturated heterocycles. The van der Waals surface area contributed by atoms with Crippen LogP contribution in [0.25, 0.3) is 0 Å². The van der Waals surface area contributed by atoms with Gasteiger partial charge in [-0.25, -0.2) is 0 Å². The maximum atomic E-state index is 8.99. The van der Waals surface area contributed by atoms with Crippen LogP contribution in [0.2, 0.25) is 0 Å². The fourth-order valence-corrected chi connectivity index (χ4v) is 1.37. The van der Waals surface area contributed by atoms with E-state index in [9.17, 15) is 0 Å². The number of ether oxygens (including phenoxy) is 2. The first-order valence-electron chi connectivity index (χ1n) is 6.23. The van der Waals surface area contributed by atoms with Crippen LogP contribution in [-0.2, 0) is 9.47 Å². The lowest BCUT2D eigenvalue weighted by atomic mass is 10.1. The summed E-state index contributed by atoms with van der Waals surface area (Å²) in [5, 5.41) is 12.4. The van der Waals surface area contributed by atoms with E-state index >= 15 is 0 Å². The Balaban J connectivity index is 3.67. The molecule has 0 aromatic heterocycles. The SMILES string of the molecule is CCOC(CCNC(C)C(C)CO)OCC. The lowest BCUT2D eigenvalue weighted by molar-refractivity contribution is -0.138. The highest BCUT2D eigenvalue weighted by Crippen LogP contribution is 2.03. The monoisotopic (exact) mass is 233 g/mol. The fraction of sp³-hybridized carbons (Fsp3) is 1.00. The first-order chi connectivity index (χ1) is 7.65. The van der Waals surface area contributed by atoms with Crippen LogP contribution < -0.4 is 5.32 Å². The molecule has 2 N–H and O–H groups in total. The van der Waals surface area contributed by atoms with Gasteiger partial charge in [-0.2, -0.15) is 0 Å². The van der Waals surface area contributed by atoms with Crippen LogP contribution >= 0.6 is 0 Å². The third-order valence-electron chi connectivity index (χ3n) is 2.69. The van der Waals surface area contributed by atoms with Crippen molar-refractivity contribution in [3.63, 3.8) is 0 Å². The van der Waals surface area contributed by atoms with Gasteiger partial charge in [0.15, 0.2) is 6.29 Å². The molecule has 0 bridgehead atoms. The number of aliphatic hydroxyl groups is 1. The molecule has 0 aliphatic carbocycles. The molecule has 4 heteroatoms. The summed E-state index contributed by atoms with van der Waals surface area (Å²) in [7, 11) is 0. The Hall–Kier alpha value is -0.160. The van der Waals surface area contributed by atoms with Crippen LogP contribution in [0.3, 0.4) is 0 Å². The van der Waals surface area contributed by atoms with Crippen LogP contribution in [-0.4, -0.2) is 43.8 Å². The summed E-state index contributed by atoms with van der Waals surface area (Å²) < 4.78 is 10.9. The van der Waals surface area contributed by atoms with E-state index < -0.39 is 0 Å².